The maximum Gasteiger partial charge on any atom is 0.487 e. The molecule has 9 heteroatoms. The van der Waals surface area contributed by atoms with E-state index in [1.807, 2.05) is 16.8 Å². The molecule has 0 spiro atoms. The van der Waals surface area contributed by atoms with Gasteiger partial charge < -0.3 is 15.4 Å². The van der Waals surface area contributed by atoms with Gasteiger partial charge in [-0.2, -0.15) is 5.10 Å². The van der Waals surface area contributed by atoms with Gasteiger partial charge in [-0.15, -0.1) is 8.78 Å². The SMILES string of the molecule is O=C(Nc1cc(-c2ccc(OC(F)(F)Cl)cc2)nn1C1CC1)c1ccc2c(c1)CCN2. The first-order valence-electron chi connectivity index (χ1n) is 10.00. The van der Waals surface area contributed by atoms with E-state index in [1.54, 1.807) is 24.3 Å². The van der Waals surface area contributed by atoms with Crippen LogP contribution in [-0.4, -0.2) is 27.8 Å². The Morgan fingerprint density at radius 1 is 1.19 bits per heavy atom. The number of amides is 1. The Balaban J connectivity index is 1.38. The Kier molecular flexibility index (Phi) is 4.81. The number of rotatable bonds is 6. The summed E-state index contributed by atoms with van der Waals surface area (Å²) in [4.78, 5) is 12.9. The largest absolute Gasteiger partial charge is 0.487 e. The Labute approximate surface area is 182 Å². The molecule has 1 fully saturated rings. The molecule has 6 nitrogen and oxygen atoms in total. The molecule has 2 N–H and O–H groups in total. The molecule has 0 unspecified atom stereocenters. The van der Waals surface area contributed by atoms with E-state index >= 15 is 0 Å². The summed E-state index contributed by atoms with van der Waals surface area (Å²) in [6, 6.07) is 13.7. The third-order valence-electron chi connectivity index (χ3n) is 5.33. The van der Waals surface area contributed by atoms with Gasteiger partial charge in [-0.05, 0) is 67.3 Å². The van der Waals surface area contributed by atoms with Crippen molar-refractivity contribution in [1.29, 1.82) is 0 Å². The zero-order valence-corrected chi connectivity index (χ0v) is 17.1. The van der Waals surface area contributed by atoms with Crippen molar-refractivity contribution in [1.82, 2.24) is 9.78 Å². The van der Waals surface area contributed by atoms with Crippen molar-refractivity contribution in [2.75, 3.05) is 17.2 Å². The van der Waals surface area contributed by atoms with E-state index in [4.69, 9.17) is 11.6 Å². The molecule has 2 aromatic carbocycles. The molecule has 2 heterocycles. The van der Waals surface area contributed by atoms with Crippen molar-refractivity contribution in [3.05, 3.63) is 59.7 Å². The predicted octanol–water partition coefficient (Wildman–Crippen LogP) is 5.27. The number of carbonyl (C=O) groups is 1. The molecule has 1 saturated carbocycles. The quantitative estimate of drug-likeness (QED) is 0.508. The van der Waals surface area contributed by atoms with Gasteiger partial charge in [0.05, 0.1) is 11.7 Å². The van der Waals surface area contributed by atoms with Gasteiger partial charge in [0.2, 0.25) is 0 Å². The molecule has 160 valence electrons. The Morgan fingerprint density at radius 3 is 2.68 bits per heavy atom. The van der Waals surface area contributed by atoms with E-state index < -0.39 is 5.57 Å². The van der Waals surface area contributed by atoms with Gasteiger partial charge in [-0.1, -0.05) is 0 Å². The second-order valence-corrected chi connectivity index (χ2v) is 8.11. The molecule has 1 aliphatic carbocycles. The zero-order valence-electron chi connectivity index (χ0n) is 16.4. The van der Waals surface area contributed by atoms with E-state index in [1.165, 1.54) is 12.1 Å². The number of benzene rings is 2. The number of anilines is 2. The molecular weight excluding hydrogens is 426 g/mol. The first-order valence-corrected chi connectivity index (χ1v) is 10.4. The molecule has 0 radical (unpaired) electrons. The van der Waals surface area contributed by atoms with Crippen LogP contribution in [-0.2, 0) is 6.42 Å². The molecular formula is C22H19ClF2N4O2. The molecule has 3 aromatic rings. The number of fused-ring (bicyclic) bond motifs is 1. The number of hydrogen-bond acceptors (Lipinski definition) is 4. The lowest BCUT2D eigenvalue weighted by molar-refractivity contribution is -0.0964. The smallest absolute Gasteiger partial charge is 0.420 e. The van der Waals surface area contributed by atoms with Crippen LogP contribution in [0.4, 0.5) is 20.3 Å². The highest BCUT2D eigenvalue weighted by molar-refractivity contribution is 6.20. The minimum Gasteiger partial charge on any atom is -0.420 e. The summed E-state index contributed by atoms with van der Waals surface area (Å²) >= 11 is 4.81. The minimum atomic E-state index is -3.76. The Hall–Kier alpha value is -3.13. The number of carbonyl (C=O) groups excluding carboxylic acids is 1. The highest BCUT2D eigenvalue weighted by Crippen LogP contribution is 2.39. The van der Waals surface area contributed by atoms with Crippen molar-refractivity contribution < 1.29 is 18.3 Å². The lowest BCUT2D eigenvalue weighted by Crippen LogP contribution is -2.15. The highest BCUT2D eigenvalue weighted by atomic mass is 35.5. The topological polar surface area (TPSA) is 68.2 Å². The highest BCUT2D eigenvalue weighted by Gasteiger charge is 2.29. The standard InChI is InChI=1S/C22H19ClF2N4O2/c23-22(24,25)31-17-6-1-13(2-7-17)19-12-20(29(28-19)16-4-5-16)27-21(30)15-3-8-18-14(11-15)9-10-26-18/h1-3,6-8,11-12,16,26H,4-5,9-10H2,(H,27,30). The van der Waals surface area contributed by atoms with E-state index in [9.17, 15) is 13.6 Å². The number of ether oxygens (including phenoxy) is 1. The number of halogens is 3. The minimum absolute atomic E-state index is 0.0509. The number of nitrogens with zero attached hydrogens (tertiary/aromatic N) is 2. The van der Waals surface area contributed by atoms with E-state index in [2.05, 4.69) is 20.5 Å². The zero-order chi connectivity index (χ0) is 21.6. The molecule has 0 bridgehead atoms. The van der Waals surface area contributed by atoms with E-state index in [0.29, 0.717) is 22.6 Å². The van der Waals surface area contributed by atoms with Crippen molar-refractivity contribution in [2.45, 2.75) is 30.9 Å². The van der Waals surface area contributed by atoms with Crippen LogP contribution in [0.5, 0.6) is 5.75 Å². The summed E-state index contributed by atoms with van der Waals surface area (Å²) in [5, 5.41) is 10.9. The average molecular weight is 445 g/mol. The van der Waals surface area contributed by atoms with Gasteiger partial charge in [0, 0.05) is 41.0 Å². The van der Waals surface area contributed by atoms with Gasteiger partial charge in [-0.3, -0.25) is 4.79 Å². The number of hydrogen-bond donors (Lipinski definition) is 2. The van der Waals surface area contributed by atoms with Crippen LogP contribution in [0.3, 0.4) is 0 Å². The predicted molar refractivity (Wildman–Crippen MR) is 114 cm³/mol. The van der Waals surface area contributed by atoms with Crippen LogP contribution in [0.25, 0.3) is 11.3 Å². The van der Waals surface area contributed by atoms with Gasteiger partial charge in [0.1, 0.15) is 11.6 Å². The van der Waals surface area contributed by atoms with Crippen molar-refractivity contribution in [3.63, 3.8) is 0 Å². The third kappa shape index (κ3) is 4.34. The van der Waals surface area contributed by atoms with Crippen LogP contribution in [0.2, 0.25) is 0 Å². The van der Waals surface area contributed by atoms with Crippen LogP contribution in [0.15, 0.2) is 48.5 Å². The second-order valence-electron chi connectivity index (χ2n) is 7.67. The lowest BCUT2D eigenvalue weighted by Gasteiger charge is -2.10. The average Bonchev–Trinajstić information content (AvgIpc) is 3.31. The number of alkyl halides is 3. The fourth-order valence-corrected chi connectivity index (χ4v) is 3.78. The Bertz CT molecular complexity index is 1140. The van der Waals surface area contributed by atoms with Gasteiger partial charge in [0.15, 0.2) is 0 Å². The summed E-state index contributed by atoms with van der Waals surface area (Å²) < 4.78 is 31.8. The van der Waals surface area contributed by atoms with E-state index in [0.717, 1.165) is 37.1 Å². The lowest BCUT2D eigenvalue weighted by atomic mass is 10.1. The third-order valence-corrected chi connectivity index (χ3v) is 5.41. The maximum absolute atomic E-state index is 12.9. The van der Waals surface area contributed by atoms with Crippen LogP contribution in [0, 0.1) is 0 Å². The summed E-state index contributed by atoms with van der Waals surface area (Å²) in [6.07, 6.45) is 2.88. The van der Waals surface area contributed by atoms with Crippen LogP contribution < -0.4 is 15.4 Å². The normalized spacial score (nSPS) is 15.3. The summed E-state index contributed by atoms with van der Waals surface area (Å²) in [6.45, 7) is 0.880. The molecule has 5 rings (SSSR count). The Morgan fingerprint density at radius 2 is 1.97 bits per heavy atom. The molecule has 1 aromatic heterocycles. The molecule has 1 aliphatic heterocycles. The first kappa shape index (κ1) is 19.8. The summed E-state index contributed by atoms with van der Waals surface area (Å²) in [7, 11) is 0. The summed E-state index contributed by atoms with van der Waals surface area (Å²) in [5.41, 5.74) is 0.375. The number of aromatic nitrogens is 2. The molecule has 2 aliphatic rings. The van der Waals surface area contributed by atoms with Crippen LogP contribution in [0.1, 0.15) is 34.8 Å². The van der Waals surface area contributed by atoms with Gasteiger partial charge in [-0.25, -0.2) is 4.68 Å². The van der Waals surface area contributed by atoms with Crippen molar-refractivity contribution in [2.24, 2.45) is 0 Å². The molecule has 31 heavy (non-hydrogen) atoms. The second kappa shape index (κ2) is 7.53. The van der Waals surface area contributed by atoms with Gasteiger partial charge >= 0.3 is 5.57 Å². The monoisotopic (exact) mass is 444 g/mol. The van der Waals surface area contributed by atoms with E-state index in [-0.39, 0.29) is 17.7 Å². The van der Waals surface area contributed by atoms with Crippen molar-refractivity contribution >= 4 is 29.0 Å². The maximum atomic E-state index is 12.9. The fourth-order valence-electron chi connectivity index (χ4n) is 3.69. The molecule has 1 amide bonds. The van der Waals surface area contributed by atoms with Gasteiger partial charge in [0.25, 0.3) is 5.91 Å². The number of nitrogens with one attached hydrogen (secondary N) is 2. The van der Waals surface area contributed by atoms with Crippen LogP contribution >= 0.6 is 11.6 Å². The first-order chi connectivity index (χ1) is 14.9. The van der Waals surface area contributed by atoms with Crippen molar-refractivity contribution in [3.8, 4) is 17.0 Å². The molecule has 0 atom stereocenters. The molecule has 0 saturated heterocycles. The fraction of sp³-hybridized carbons (Fsp3) is 0.273. The summed E-state index contributed by atoms with van der Waals surface area (Å²) in [5.74, 6) is 0.356.